The number of aryl methyl sites for hydroxylation is 1. The first-order chi connectivity index (χ1) is 8.77. The molecule has 0 unspecified atom stereocenters. The Morgan fingerprint density at radius 1 is 1.33 bits per heavy atom. The predicted octanol–water partition coefficient (Wildman–Crippen LogP) is 2.58. The zero-order valence-electron chi connectivity index (χ0n) is 10.7. The molecular weight excluding hydrogens is 230 g/mol. The third-order valence-corrected chi connectivity index (χ3v) is 3.66. The molecule has 0 aliphatic heterocycles. The molecule has 1 aliphatic rings. The Morgan fingerprint density at radius 3 is 2.83 bits per heavy atom. The highest BCUT2D eigenvalue weighted by Gasteiger charge is 2.18. The van der Waals surface area contributed by atoms with Gasteiger partial charge in [-0.3, -0.25) is 4.79 Å². The second-order valence-electron chi connectivity index (χ2n) is 5.05. The number of carbonyl (C=O) groups is 1. The molecule has 5 heteroatoms. The van der Waals surface area contributed by atoms with Crippen molar-refractivity contribution in [2.75, 3.05) is 0 Å². The lowest BCUT2D eigenvalue weighted by molar-refractivity contribution is -0.137. The van der Waals surface area contributed by atoms with Gasteiger partial charge in [-0.05, 0) is 25.7 Å². The molecule has 1 saturated carbocycles. The fraction of sp³-hybridized carbons (Fsp3) is 0.769. The topological polar surface area (TPSA) is 68.0 Å². The monoisotopic (exact) mass is 251 g/mol. The summed E-state index contributed by atoms with van der Waals surface area (Å²) >= 11 is 0. The summed E-state index contributed by atoms with van der Waals surface area (Å²) in [4.78, 5) is 10.4. The Labute approximate surface area is 107 Å². The molecule has 2 rings (SSSR count). The number of aromatic nitrogens is 3. The Kier molecular flexibility index (Phi) is 4.73. The average Bonchev–Trinajstić information content (AvgIpc) is 2.84. The van der Waals surface area contributed by atoms with E-state index in [1.54, 1.807) is 0 Å². The van der Waals surface area contributed by atoms with Gasteiger partial charge in [0, 0.05) is 18.9 Å². The van der Waals surface area contributed by atoms with Crippen LogP contribution < -0.4 is 0 Å². The molecule has 1 aromatic rings. The summed E-state index contributed by atoms with van der Waals surface area (Å²) in [6.07, 6.45) is 10.9. The van der Waals surface area contributed by atoms with Crippen molar-refractivity contribution in [3.05, 3.63) is 12.2 Å². The van der Waals surface area contributed by atoms with E-state index in [9.17, 15) is 4.79 Å². The first-order valence-electron chi connectivity index (χ1n) is 6.87. The number of hydrogen-bond acceptors (Lipinski definition) is 3. The minimum Gasteiger partial charge on any atom is -0.481 e. The number of carboxylic acid groups (broad SMARTS) is 1. The SMILES string of the molecule is O=C(O)CCCCc1nncn1C1CCCCC1. The third kappa shape index (κ3) is 3.55. The van der Waals surface area contributed by atoms with Crippen molar-refractivity contribution in [3.63, 3.8) is 0 Å². The van der Waals surface area contributed by atoms with E-state index >= 15 is 0 Å². The van der Waals surface area contributed by atoms with Crippen LogP contribution in [0.25, 0.3) is 0 Å². The highest BCUT2D eigenvalue weighted by atomic mass is 16.4. The van der Waals surface area contributed by atoms with Crippen LogP contribution in [0.5, 0.6) is 0 Å². The molecule has 18 heavy (non-hydrogen) atoms. The highest BCUT2D eigenvalue weighted by Crippen LogP contribution is 2.28. The summed E-state index contributed by atoms with van der Waals surface area (Å²) in [5.74, 6) is 0.302. The summed E-state index contributed by atoms with van der Waals surface area (Å²) in [5.41, 5.74) is 0. The van der Waals surface area contributed by atoms with Crippen molar-refractivity contribution >= 4 is 5.97 Å². The maximum atomic E-state index is 10.4. The van der Waals surface area contributed by atoms with E-state index in [0.717, 1.165) is 18.7 Å². The molecule has 0 saturated heterocycles. The summed E-state index contributed by atoms with van der Waals surface area (Å²) in [6, 6.07) is 0.559. The van der Waals surface area contributed by atoms with Gasteiger partial charge in [-0.1, -0.05) is 19.3 Å². The van der Waals surface area contributed by atoms with Crippen LogP contribution in [0.4, 0.5) is 0 Å². The Balaban J connectivity index is 1.85. The van der Waals surface area contributed by atoms with E-state index in [2.05, 4.69) is 14.8 Å². The Hall–Kier alpha value is -1.39. The summed E-state index contributed by atoms with van der Waals surface area (Å²) in [5, 5.41) is 16.8. The van der Waals surface area contributed by atoms with E-state index in [4.69, 9.17) is 5.11 Å². The lowest BCUT2D eigenvalue weighted by Crippen LogP contribution is -2.15. The van der Waals surface area contributed by atoms with Crippen LogP contribution in [0.3, 0.4) is 0 Å². The first kappa shape index (κ1) is 13.1. The molecule has 1 fully saturated rings. The molecule has 1 N–H and O–H groups in total. The minimum absolute atomic E-state index is 0.248. The zero-order chi connectivity index (χ0) is 12.8. The molecule has 0 bridgehead atoms. The fourth-order valence-corrected chi connectivity index (χ4v) is 2.67. The summed E-state index contributed by atoms with van der Waals surface area (Å²) in [7, 11) is 0. The van der Waals surface area contributed by atoms with Gasteiger partial charge in [-0.25, -0.2) is 0 Å². The molecule has 0 amide bonds. The van der Waals surface area contributed by atoms with Crippen molar-refractivity contribution in [2.45, 2.75) is 63.8 Å². The van der Waals surface area contributed by atoms with Gasteiger partial charge < -0.3 is 9.67 Å². The molecule has 0 spiro atoms. The Morgan fingerprint density at radius 2 is 2.11 bits per heavy atom. The molecule has 0 radical (unpaired) electrons. The first-order valence-corrected chi connectivity index (χ1v) is 6.87. The van der Waals surface area contributed by atoms with Crippen molar-refractivity contribution < 1.29 is 9.90 Å². The normalized spacial score (nSPS) is 16.9. The second kappa shape index (κ2) is 6.52. The minimum atomic E-state index is -0.719. The van der Waals surface area contributed by atoms with E-state index < -0.39 is 5.97 Å². The van der Waals surface area contributed by atoms with Crippen LogP contribution in [-0.4, -0.2) is 25.8 Å². The summed E-state index contributed by atoms with van der Waals surface area (Å²) < 4.78 is 2.21. The number of aliphatic carboxylic acids is 1. The van der Waals surface area contributed by atoms with Crippen molar-refractivity contribution in [1.82, 2.24) is 14.8 Å². The van der Waals surface area contributed by atoms with Gasteiger partial charge >= 0.3 is 5.97 Å². The number of nitrogens with zero attached hydrogens (tertiary/aromatic N) is 3. The number of carboxylic acids is 1. The maximum absolute atomic E-state index is 10.4. The van der Waals surface area contributed by atoms with E-state index in [0.29, 0.717) is 12.5 Å². The van der Waals surface area contributed by atoms with Gasteiger partial charge in [0.2, 0.25) is 0 Å². The lowest BCUT2D eigenvalue weighted by atomic mass is 9.95. The molecule has 100 valence electrons. The molecule has 0 aromatic carbocycles. The summed E-state index contributed by atoms with van der Waals surface area (Å²) in [6.45, 7) is 0. The highest BCUT2D eigenvalue weighted by molar-refractivity contribution is 5.66. The average molecular weight is 251 g/mol. The van der Waals surface area contributed by atoms with Gasteiger partial charge in [-0.2, -0.15) is 0 Å². The van der Waals surface area contributed by atoms with E-state index in [1.165, 1.54) is 32.1 Å². The van der Waals surface area contributed by atoms with Crippen molar-refractivity contribution in [1.29, 1.82) is 0 Å². The van der Waals surface area contributed by atoms with Crippen LogP contribution in [-0.2, 0) is 11.2 Å². The predicted molar refractivity (Wildman–Crippen MR) is 67.3 cm³/mol. The van der Waals surface area contributed by atoms with Gasteiger partial charge in [0.1, 0.15) is 12.2 Å². The molecular formula is C13H21N3O2. The molecule has 1 heterocycles. The maximum Gasteiger partial charge on any atom is 0.303 e. The van der Waals surface area contributed by atoms with E-state index in [1.807, 2.05) is 6.33 Å². The van der Waals surface area contributed by atoms with E-state index in [-0.39, 0.29) is 6.42 Å². The van der Waals surface area contributed by atoms with Gasteiger partial charge in [-0.15, -0.1) is 10.2 Å². The molecule has 1 aliphatic carbocycles. The second-order valence-corrected chi connectivity index (χ2v) is 5.05. The van der Waals surface area contributed by atoms with Crippen LogP contribution in [0.2, 0.25) is 0 Å². The standard InChI is InChI=1S/C13H21N3O2/c17-13(18)9-5-4-8-12-15-14-10-16(12)11-6-2-1-3-7-11/h10-11H,1-9H2,(H,17,18). The molecule has 0 atom stereocenters. The zero-order valence-corrected chi connectivity index (χ0v) is 10.7. The van der Waals surface area contributed by atoms with Crippen LogP contribution in [0, 0.1) is 0 Å². The number of rotatable bonds is 6. The molecule has 1 aromatic heterocycles. The largest absolute Gasteiger partial charge is 0.481 e. The van der Waals surface area contributed by atoms with Crippen molar-refractivity contribution in [2.24, 2.45) is 0 Å². The third-order valence-electron chi connectivity index (χ3n) is 3.66. The van der Waals surface area contributed by atoms with Gasteiger partial charge in [0.05, 0.1) is 0 Å². The number of hydrogen-bond donors (Lipinski definition) is 1. The smallest absolute Gasteiger partial charge is 0.303 e. The van der Waals surface area contributed by atoms with Crippen molar-refractivity contribution in [3.8, 4) is 0 Å². The lowest BCUT2D eigenvalue weighted by Gasteiger charge is -2.23. The van der Waals surface area contributed by atoms with Gasteiger partial charge in [0.25, 0.3) is 0 Å². The molecule has 5 nitrogen and oxygen atoms in total. The van der Waals surface area contributed by atoms with Crippen LogP contribution in [0.1, 0.15) is 63.2 Å². The Bertz CT molecular complexity index is 383. The quantitative estimate of drug-likeness (QED) is 0.789. The van der Waals surface area contributed by atoms with Crippen LogP contribution in [0.15, 0.2) is 6.33 Å². The van der Waals surface area contributed by atoms with Gasteiger partial charge in [0.15, 0.2) is 0 Å². The van der Waals surface area contributed by atoms with Crippen LogP contribution >= 0.6 is 0 Å². The fourth-order valence-electron chi connectivity index (χ4n) is 2.67. The number of unbranched alkanes of at least 4 members (excludes halogenated alkanes) is 1.